The minimum absolute atomic E-state index is 0.0408. The Morgan fingerprint density at radius 1 is 0.375 bits per heavy atom. The second-order valence-corrected chi connectivity index (χ2v) is 11.8. The molecule has 0 aliphatic carbocycles. The summed E-state index contributed by atoms with van der Waals surface area (Å²) in [5.74, 6) is 0. The van der Waals surface area contributed by atoms with E-state index < -0.39 is 0 Å². The SMILES string of the molecule is CC(C)(C)c1ccc2c(-c3ccc4ccccc4c3)c3ccccc3c(-c3ccccc3-c3ccccc3)c2c1. The molecule has 0 saturated heterocycles. The maximum Gasteiger partial charge on any atom is -0.00200 e. The predicted molar refractivity (Wildman–Crippen MR) is 174 cm³/mol. The number of rotatable bonds is 3. The molecule has 192 valence electrons. The van der Waals surface area contributed by atoms with E-state index in [4.69, 9.17) is 0 Å². The van der Waals surface area contributed by atoms with Gasteiger partial charge in [0.15, 0.2) is 0 Å². The van der Waals surface area contributed by atoms with E-state index in [9.17, 15) is 0 Å². The number of fused-ring (bicyclic) bond motifs is 3. The van der Waals surface area contributed by atoms with Gasteiger partial charge in [-0.1, -0.05) is 148 Å². The first kappa shape index (κ1) is 24.4. The van der Waals surface area contributed by atoms with Gasteiger partial charge in [0.2, 0.25) is 0 Å². The topological polar surface area (TPSA) is 0 Å². The van der Waals surface area contributed by atoms with Crippen LogP contribution in [0.3, 0.4) is 0 Å². The fourth-order valence-electron chi connectivity index (χ4n) is 6.16. The molecule has 0 N–H and O–H groups in total. The van der Waals surface area contributed by atoms with Gasteiger partial charge in [0.1, 0.15) is 0 Å². The first-order chi connectivity index (χ1) is 19.5. The van der Waals surface area contributed by atoms with Crippen molar-refractivity contribution in [3.63, 3.8) is 0 Å². The summed E-state index contributed by atoms with van der Waals surface area (Å²) in [6.45, 7) is 6.91. The molecule has 0 unspecified atom stereocenters. The molecular formula is C40H32. The lowest BCUT2D eigenvalue weighted by Crippen LogP contribution is -2.10. The zero-order valence-electron chi connectivity index (χ0n) is 23.3. The van der Waals surface area contributed by atoms with Crippen LogP contribution < -0.4 is 0 Å². The average Bonchev–Trinajstić information content (AvgIpc) is 2.99. The van der Waals surface area contributed by atoms with Crippen LogP contribution in [0.4, 0.5) is 0 Å². The highest BCUT2D eigenvalue weighted by atomic mass is 14.2. The van der Waals surface area contributed by atoms with Crippen LogP contribution in [0.15, 0.2) is 140 Å². The number of hydrogen-bond acceptors (Lipinski definition) is 0. The van der Waals surface area contributed by atoms with Crippen molar-refractivity contribution in [3.05, 3.63) is 145 Å². The summed E-state index contributed by atoms with van der Waals surface area (Å²) in [6, 6.07) is 51.3. The molecule has 0 fully saturated rings. The van der Waals surface area contributed by atoms with Gasteiger partial charge in [-0.2, -0.15) is 0 Å². The van der Waals surface area contributed by atoms with Crippen LogP contribution in [0.25, 0.3) is 65.7 Å². The second kappa shape index (κ2) is 9.50. The monoisotopic (exact) mass is 512 g/mol. The Hall–Kier alpha value is -4.68. The van der Waals surface area contributed by atoms with Crippen LogP contribution in [0, 0.1) is 0 Å². The zero-order chi connectivity index (χ0) is 27.3. The molecule has 0 nitrogen and oxygen atoms in total. The van der Waals surface area contributed by atoms with Gasteiger partial charge in [0.05, 0.1) is 0 Å². The minimum atomic E-state index is 0.0408. The predicted octanol–water partition coefficient (Wildman–Crippen LogP) is 11.4. The molecule has 0 aliphatic heterocycles. The summed E-state index contributed by atoms with van der Waals surface area (Å²) in [5, 5.41) is 7.70. The van der Waals surface area contributed by atoms with Crippen molar-refractivity contribution in [1.29, 1.82) is 0 Å². The molecule has 0 aromatic heterocycles. The Morgan fingerprint density at radius 3 is 1.73 bits per heavy atom. The Bertz CT molecular complexity index is 2020. The Labute approximate surface area is 236 Å². The average molecular weight is 513 g/mol. The second-order valence-electron chi connectivity index (χ2n) is 11.8. The fraction of sp³-hybridized carbons (Fsp3) is 0.100. The normalized spacial score (nSPS) is 11.9. The van der Waals surface area contributed by atoms with Gasteiger partial charge in [-0.05, 0) is 88.8 Å². The highest BCUT2D eigenvalue weighted by Gasteiger charge is 2.21. The third kappa shape index (κ3) is 4.08. The summed E-state index contributed by atoms with van der Waals surface area (Å²) >= 11 is 0. The molecule has 7 aromatic carbocycles. The first-order valence-corrected chi connectivity index (χ1v) is 14.1. The van der Waals surface area contributed by atoms with Gasteiger partial charge in [0, 0.05) is 0 Å². The van der Waals surface area contributed by atoms with E-state index in [-0.39, 0.29) is 5.41 Å². The van der Waals surface area contributed by atoms with Crippen LogP contribution >= 0.6 is 0 Å². The molecule has 0 amide bonds. The van der Waals surface area contributed by atoms with Crippen molar-refractivity contribution in [3.8, 4) is 33.4 Å². The summed E-state index contributed by atoms with van der Waals surface area (Å²) in [7, 11) is 0. The third-order valence-corrected chi connectivity index (χ3v) is 8.21. The van der Waals surface area contributed by atoms with Gasteiger partial charge in [0.25, 0.3) is 0 Å². The van der Waals surface area contributed by atoms with E-state index in [0.717, 1.165) is 0 Å². The van der Waals surface area contributed by atoms with E-state index >= 15 is 0 Å². The van der Waals surface area contributed by atoms with Crippen molar-refractivity contribution in [1.82, 2.24) is 0 Å². The standard InChI is InChI=1S/C40H32/c1-40(2,3)31-23-24-36-37(26-31)39(33-18-10-9-17-32(33)28-14-5-4-6-15-28)35-20-12-11-19-34(35)38(36)30-22-21-27-13-7-8-16-29(27)25-30/h4-26H,1-3H3. The minimum Gasteiger partial charge on any atom is -0.0622 e. The van der Waals surface area contributed by atoms with E-state index in [1.54, 1.807) is 0 Å². The quantitative estimate of drug-likeness (QED) is 0.207. The van der Waals surface area contributed by atoms with Crippen molar-refractivity contribution in [2.75, 3.05) is 0 Å². The number of hydrogen-bond donors (Lipinski definition) is 0. The molecule has 0 heteroatoms. The highest BCUT2D eigenvalue weighted by molar-refractivity contribution is 6.22. The molecule has 7 aromatic rings. The highest BCUT2D eigenvalue weighted by Crippen LogP contribution is 2.47. The van der Waals surface area contributed by atoms with Crippen LogP contribution in [-0.4, -0.2) is 0 Å². The van der Waals surface area contributed by atoms with Crippen molar-refractivity contribution < 1.29 is 0 Å². The molecule has 0 saturated carbocycles. The van der Waals surface area contributed by atoms with Gasteiger partial charge in [-0.3, -0.25) is 0 Å². The lowest BCUT2D eigenvalue weighted by molar-refractivity contribution is 0.591. The molecule has 0 bridgehead atoms. The molecule has 0 heterocycles. The fourth-order valence-corrected chi connectivity index (χ4v) is 6.16. The molecule has 7 rings (SSSR count). The molecule has 0 aliphatic rings. The molecular weight excluding hydrogens is 480 g/mol. The number of benzene rings is 7. The van der Waals surface area contributed by atoms with Gasteiger partial charge >= 0.3 is 0 Å². The molecule has 40 heavy (non-hydrogen) atoms. The smallest absolute Gasteiger partial charge is 0.00200 e. The van der Waals surface area contributed by atoms with E-state index in [2.05, 4.69) is 160 Å². The van der Waals surface area contributed by atoms with E-state index in [0.29, 0.717) is 0 Å². The van der Waals surface area contributed by atoms with Gasteiger partial charge < -0.3 is 0 Å². The maximum absolute atomic E-state index is 2.45. The van der Waals surface area contributed by atoms with Crippen LogP contribution in [0.1, 0.15) is 26.3 Å². The zero-order valence-corrected chi connectivity index (χ0v) is 23.3. The van der Waals surface area contributed by atoms with Crippen LogP contribution in [-0.2, 0) is 5.41 Å². The largest absolute Gasteiger partial charge is 0.0622 e. The third-order valence-electron chi connectivity index (χ3n) is 8.21. The Balaban J connectivity index is 1.65. The van der Waals surface area contributed by atoms with Crippen LogP contribution in [0.2, 0.25) is 0 Å². The van der Waals surface area contributed by atoms with E-state index in [1.165, 1.54) is 71.3 Å². The Morgan fingerprint density at radius 2 is 0.975 bits per heavy atom. The molecule has 0 spiro atoms. The van der Waals surface area contributed by atoms with Gasteiger partial charge in [-0.25, -0.2) is 0 Å². The Kier molecular flexibility index (Phi) is 5.79. The van der Waals surface area contributed by atoms with Crippen molar-refractivity contribution in [2.24, 2.45) is 0 Å². The lowest BCUT2D eigenvalue weighted by Gasteiger charge is -2.24. The van der Waals surface area contributed by atoms with Gasteiger partial charge in [-0.15, -0.1) is 0 Å². The lowest BCUT2D eigenvalue weighted by atomic mass is 9.80. The maximum atomic E-state index is 2.45. The van der Waals surface area contributed by atoms with Crippen molar-refractivity contribution >= 4 is 32.3 Å². The first-order valence-electron chi connectivity index (χ1n) is 14.1. The summed E-state index contributed by atoms with van der Waals surface area (Å²) in [5.41, 5.74) is 9.02. The van der Waals surface area contributed by atoms with Crippen molar-refractivity contribution in [2.45, 2.75) is 26.2 Å². The summed E-state index contributed by atoms with van der Waals surface area (Å²) < 4.78 is 0. The van der Waals surface area contributed by atoms with E-state index in [1.807, 2.05) is 0 Å². The molecule has 0 atom stereocenters. The van der Waals surface area contributed by atoms with Crippen LogP contribution in [0.5, 0.6) is 0 Å². The summed E-state index contributed by atoms with van der Waals surface area (Å²) in [4.78, 5) is 0. The summed E-state index contributed by atoms with van der Waals surface area (Å²) in [6.07, 6.45) is 0. The molecule has 0 radical (unpaired) electrons.